The summed E-state index contributed by atoms with van der Waals surface area (Å²) in [5.74, 6) is 0.904. The van der Waals surface area contributed by atoms with Crippen molar-refractivity contribution in [2.75, 3.05) is 20.8 Å². The van der Waals surface area contributed by atoms with Gasteiger partial charge in [-0.1, -0.05) is 25.9 Å². The van der Waals surface area contributed by atoms with Gasteiger partial charge >= 0.3 is 0 Å². The van der Waals surface area contributed by atoms with Gasteiger partial charge in [-0.25, -0.2) is 0 Å². The Bertz CT molecular complexity index is 342. The normalized spacial score (nSPS) is 15.9. The number of nitrogens with two attached hydrogens (primary N) is 1. The molecule has 0 saturated carbocycles. The lowest BCUT2D eigenvalue weighted by molar-refractivity contribution is 0.00718. The summed E-state index contributed by atoms with van der Waals surface area (Å²) in [7, 11) is 3.18. The number of aromatic nitrogens is 2. The van der Waals surface area contributed by atoms with E-state index in [1.165, 1.54) is 0 Å². The van der Waals surface area contributed by atoms with E-state index < -0.39 is 0 Å². The molecule has 0 spiro atoms. The second kappa shape index (κ2) is 5.57. The van der Waals surface area contributed by atoms with Crippen LogP contribution in [-0.4, -0.2) is 30.9 Å². The summed E-state index contributed by atoms with van der Waals surface area (Å²) in [5, 5.41) is 3.92. The van der Waals surface area contributed by atoms with E-state index in [2.05, 4.69) is 10.1 Å². The lowest BCUT2D eigenvalue weighted by Crippen LogP contribution is -2.21. The highest BCUT2D eigenvalue weighted by atomic mass is 16.5. The second-order valence-electron chi connectivity index (χ2n) is 4.93. The van der Waals surface area contributed by atoms with Crippen molar-refractivity contribution in [1.29, 1.82) is 0 Å². The van der Waals surface area contributed by atoms with E-state index in [0.717, 1.165) is 0 Å². The molecule has 0 aliphatic rings. The molecule has 0 aromatic carbocycles. The molecule has 2 unspecified atom stereocenters. The molecule has 0 radical (unpaired) electrons. The minimum absolute atomic E-state index is 0.110. The Morgan fingerprint density at radius 3 is 2.35 bits per heavy atom. The van der Waals surface area contributed by atoms with Crippen molar-refractivity contribution in [1.82, 2.24) is 10.1 Å². The highest BCUT2D eigenvalue weighted by Crippen LogP contribution is 2.34. The van der Waals surface area contributed by atoms with Crippen molar-refractivity contribution >= 4 is 0 Å². The summed E-state index contributed by atoms with van der Waals surface area (Å²) in [6, 6.07) is 0. The van der Waals surface area contributed by atoms with Gasteiger partial charge in [0.1, 0.15) is 12.2 Å². The third kappa shape index (κ3) is 3.24. The number of rotatable bonds is 5. The highest BCUT2D eigenvalue weighted by molar-refractivity contribution is 4.98. The molecule has 2 N–H and O–H groups in total. The van der Waals surface area contributed by atoms with Crippen LogP contribution in [0.2, 0.25) is 0 Å². The Morgan fingerprint density at radius 2 is 1.94 bits per heavy atom. The van der Waals surface area contributed by atoms with Crippen LogP contribution in [0.3, 0.4) is 0 Å². The first kappa shape index (κ1) is 14.1. The summed E-state index contributed by atoms with van der Waals surface area (Å²) >= 11 is 0. The average molecular weight is 243 g/mol. The van der Waals surface area contributed by atoms with Gasteiger partial charge in [0.05, 0.1) is 0 Å². The standard InChI is InChI=1S/C11H21N3O3/c1-11(2,3)8(16-5)9-13-10(17-14-9)7(6-12)15-4/h7-8H,6,12H2,1-5H3. The Balaban J connectivity index is 2.93. The van der Waals surface area contributed by atoms with Gasteiger partial charge in [0.25, 0.3) is 5.89 Å². The molecule has 0 amide bonds. The van der Waals surface area contributed by atoms with Gasteiger partial charge in [-0.2, -0.15) is 4.98 Å². The van der Waals surface area contributed by atoms with Gasteiger partial charge in [0, 0.05) is 20.8 Å². The second-order valence-corrected chi connectivity index (χ2v) is 4.93. The van der Waals surface area contributed by atoms with Crippen molar-refractivity contribution in [2.24, 2.45) is 11.1 Å². The van der Waals surface area contributed by atoms with Gasteiger partial charge in [0.15, 0.2) is 0 Å². The number of methoxy groups -OCH3 is 2. The van der Waals surface area contributed by atoms with Crippen molar-refractivity contribution in [2.45, 2.75) is 33.0 Å². The van der Waals surface area contributed by atoms with Crippen LogP contribution in [0.25, 0.3) is 0 Å². The highest BCUT2D eigenvalue weighted by Gasteiger charge is 2.31. The van der Waals surface area contributed by atoms with Crippen molar-refractivity contribution in [3.63, 3.8) is 0 Å². The molecule has 0 bridgehead atoms. The monoisotopic (exact) mass is 243 g/mol. The van der Waals surface area contributed by atoms with Gasteiger partial charge in [0.2, 0.25) is 5.82 Å². The Hall–Kier alpha value is -0.980. The van der Waals surface area contributed by atoms with Crippen LogP contribution in [0, 0.1) is 5.41 Å². The van der Waals surface area contributed by atoms with Crippen molar-refractivity contribution in [3.8, 4) is 0 Å². The fourth-order valence-corrected chi connectivity index (χ4v) is 1.63. The van der Waals surface area contributed by atoms with Crippen LogP contribution in [0.15, 0.2) is 4.52 Å². The Labute approximate surface area is 101 Å². The van der Waals surface area contributed by atoms with E-state index in [1.54, 1.807) is 14.2 Å². The number of hydrogen-bond acceptors (Lipinski definition) is 6. The molecule has 0 saturated heterocycles. The molecule has 1 heterocycles. The molecule has 1 aromatic heterocycles. The van der Waals surface area contributed by atoms with Crippen LogP contribution in [-0.2, 0) is 9.47 Å². The maximum absolute atomic E-state index is 5.53. The van der Waals surface area contributed by atoms with Crippen molar-refractivity contribution in [3.05, 3.63) is 11.7 Å². The first-order valence-corrected chi connectivity index (χ1v) is 5.53. The maximum atomic E-state index is 5.53. The van der Waals surface area contributed by atoms with Crippen LogP contribution < -0.4 is 5.73 Å². The van der Waals surface area contributed by atoms with Crippen LogP contribution in [0.5, 0.6) is 0 Å². The molecule has 1 rings (SSSR count). The van der Waals surface area contributed by atoms with Crippen LogP contribution in [0.1, 0.15) is 44.7 Å². The average Bonchev–Trinajstić information content (AvgIpc) is 2.68. The van der Waals surface area contributed by atoms with E-state index in [1.807, 2.05) is 20.8 Å². The first-order chi connectivity index (χ1) is 7.93. The number of hydrogen-bond donors (Lipinski definition) is 1. The summed E-state index contributed by atoms with van der Waals surface area (Å²) in [6.07, 6.45) is -0.594. The third-order valence-electron chi connectivity index (χ3n) is 2.49. The molecule has 17 heavy (non-hydrogen) atoms. The van der Waals surface area contributed by atoms with Gasteiger partial charge in [-0.05, 0) is 5.41 Å². The Kier molecular flexibility index (Phi) is 4.62. The minimum atomic E-state index is -0.367. The number of nitrogens with zero attached hydrogens (tertiary/aromatic N) is 2. The van der Waals surface area contributed by atoms with E-state index in [-0.39, 0.29) is 17.6 Å². The van der Waals surface area contributed by atoms with Crippen LogP contribution in [0.4, 0.5) is 0 Å². The zero-order valence-corrected chi connectivity index (χ0v) is 11.1. The summed E-state index contributed by atoms with van der Waals surface area (Å²) in [5.41, 5.74) is 5.42. The zero-order chi connectivity index (χ0) is 13.1. The van der Waals surface area contributed by atoms with E-state index in [9.17, 15) is 0 Å². The predicted molar refractivity (Wildman–Crippen MR) is 62.3 cm³/mol. The molecule has 6 heteroatoms. The fourth-order valence-electron chi connectivity index (χ4n) is 1.63. The number of ether oxygens (including phenoxy) is 2. The molecule has 0 fully saturated rings. The molecule has 0 aliphatic heterocycles. The van der Waals surface area contributed by atoms with Crippen LogP contribution >= 0.6 is 0 Å². The van der Waals surface area contributed by atoms with E-state index in [0.29, 0.717) is 18.3 Å². The minimum Gasteiger partial charge on any atom is -0.373 e. The largest absolute Gasteiger partial charge is 0.373 e. The molecule has 6 nitrogen and oxygen atoms in total. The van der Waals surface area contributed by atoms with Gasteiger partial charge < -0.3 is 19.7 Å². The van der Waals surface area contributed by atoms with Gasteiger partial charge in [-0.3, -0.25) is 0 Å². The van der Waals surface area contributed by atoms with Crippen molar-refractivity contribution < 1.29 is 14.0 Å². The molecular weight excluding hydrogens is 222 g/mol. The Morgan fingerprint density at radius 1 is 1.29 bits per heavy atom. The molecular formula is C11H21N3O3. The molecule has 98 valence electrons. The lowest BCUT2D eigenvalue weighted by atomic mass is 9.88. The SMILES string of the molecule is COC(CN)c1nc(C(OC)C(C)(C)C)no1. The molecule has 0 aliphatic carbocycles. The predicted octanol–water partition coefficient (Wildman–Crippen LogP) is 1.45. The lowest BCUT2D eigenvalue weighted by Gasteiger charge is -2.26. The third-order valence-corrected chi connectivity index (χ3v) is 2.49. The van der Waals surface area contributed by atoms with E-state index in [4.69, 9.17) is 19.7 Å². The fraction of sp³-hybridized carbons (Fsp3) is 0.818. The molecule has 1 aromatic rings. The smallest absolute Gasteiger partial charge is 0.257 e. The quantitative estimate of drug-likeness (QED) is 0.842. The maximum Gasteiger partial charge on any atom is 0.257 e. The first-order valence-electron chi connectivity index (χ1n) is 5.53. The zero-order valence-electron chi connectivity index (χ0n) is 11.1. The summed E-state index contributed by atoms with van der Waals surface area (Å²) < 4.78 is 15.7. The summed E-state index contributed by atoms with van der Waals surface area (Å²) in [4.78, 5) is 4.28. The topological polar surface area (TPSA) is 83.4 Å². The molecule has 2 atom stereocenters. The van der Waals surface area contributed by atoms with Gasteiger partial charge in [-0.15, -0.1) is 0 Å². The van der Waals surface area contributed by atoms with E-state index >= 15 is 0 Å². The summed E-state index contributed by atoms with van der Waals surface area (Å²) in [6.45, 7) is 6.45.